The molecule has 1 heterocycles. The number of aryl methyl sites for hydroxylation is 1. The fourth-order valence-corrected chi connectivity index (χ4v) is 3.66. The van der Waals surface area contributed by atoms with E-state index in [2.05, 4.69) is 4.98 Å². The van der Waals surface area contributed by atoms with Gasteiger partial charge >= 0.3 is 5.97 Å². The van der Waals surface area contributed by atoms with Gasteiger partial charge in [-0.25, -0.2) is 8.42 Å². The zero-order chi connectivity index (χ0) is 13.8. The number of aromatic nitrogens is 1. The molecule has 1 unspecified atom stereocenters. The summed E-state index contributed by atoms with van der Waals surface area (Å²) >= 11 is 0. The number of sulfone groups is 1. The van der Waals surface area contributed by atoms with Gasteiger partial charge in [0.05, 0.1) is 5.75 Å². The molecule has 1 aromatic rings. The first-order valence-corrected chi connectivity index (χ1v) is 7.40. The van der Waals surface area contributed by atoms with Crippen LogP contribution in [0.25, 0.3) is 0 Å². The molecule has 1 rings (SSSR count). The van der Waals surface area contributed by atoms with Crippen LogP contribution in [0.3, 0.4) is 0 Å². The lowest BCUT2D eigenvalue weighted by Gasteiger charge is -2.16. The van der Waals surface area contributed by atoms with Gasteiger partial charge in [0.25, 0.3) is 0 Å². The number of aliphatic carboxylic acids is 1. The Morgan fingerprint density at radius 1 is 1.39 bits per heavy atom. The van der Waals surface area contributed by atoms with Crippen molar-refractivity contribution in [2.24, 2.45) is 5.92 Å². The van der Waals surface area contributed by atoms with Crippen molar-refractivity contribution >= 4 is 15.8 Å². The highest BCUT2D eigenvalue weighted by Gasteiger charge is 2.34. The van der Waals surface area contributed by atoms with Gasteiger partial charge in [-0.05, 0) is 18.1 Å². The Balaban J connectivity index is 2.78. The van der Waals surface area contributed by atoms with Gasteiger partial charge in [0, 0.05) is 18.3 Å². The van der Waals surface area contributed by atoms with Gasteiger partial charge in [-0.15, -0.1) is 0 Å². The molecule has 6 heteroatoms. The smallest absolute Gasteiger partial charge is 0.322 e. The van der Waals surface area contributed by atoms with Crippen molar-refractivity contribution in [2.45, 2.75) is 25.5 Å². The summed E-state index contributed by atoms with van der Waals surface area (Å²) in [6.07, 6.45) is 1.82. The lowest BCUT2D eigenvalue weighted by molar-refractivity contribution is -0.137. The normalized spacial score (nSPS) is 13.5. The second-order valence-electron chi connectivity index (χ2n) is 4.44. The molecular formula is C12H17NO4S. The van der Waals surface area contributed by atoms with Crippen molar-refractivity contribution in [3.8, 4) is 0 Å². The van der Waals surface area contributed by atoms with Crippen molar-refractivity contribution in [3.05, 3.63) is 30.1 Å². The van der Waals surface area contributed by atoms with Crippen molar-refractivity contribution in [2.75, 3.05) is 5.75 Å². The Hall–Kier alpha value is -1.43. The van der Waals surface area contributed by atoms with E-state index < -0.39 is 27.0 Å². The number of rotatable bonds is 6. The van der Waals surface area contributed by atoms with Gasteiger partial charge in [-0.3, -0.25) is 9.78 Å². The molecule has 0 amide bonds. The highest BCUT2D eigenvalue weighted by molar-refractivity contribution is 7.92. The number of carboxylic acid groups (broad SMARTS) is 1. The number of carboxylic acids is 1. The molecule has 5 nitrogen and oxygen atoms in total. The maximum absolute atomic E-state index is 12.0. The number of hydrogen-bond donors (Lipinski definition) is 1. The van der Waals surface area contributed by atoms with Crippen molar-refractivity contribution in [3.63, 3.8) is 0 Å². The standard InChI is InChI=1S/C12H17NO4S/c1-9(2)11(12(14)15)18(16,17)8-6-10-5-3-4-7-13-10/h3-5,7,9,11H,6,8H2,1-2H3,(H,14,15). The molecule has 0 spiro atoms. The molecule has 0 fully saturated rings. The van der Waals surface area contributed by atoms with Crippen molar-refractivity contribution < 1.29 is 18.3 Å². The van der Waals surface area contributed by atoms with E-state index in [9.17, 15) is 13.2 Å². The van der Waals surface area contributed by atoms with Gasteiger partial charge in [0.15, 0.2) is 15.1 Å². The summed E-state index contributed by atoms with van der Waals surface area (Å²) in [5.74, 6) is -1.93. The maximum atomic E-state index is 12.0. The summed E-state index contributed by atoms with van der Waals surface area (Å²) in [5.41, 5.74) is 0.647. The van der Waals surface area contributed by atoms with Crippen LogP contribution in [0.5, 0.6) is 0 Å². The van der Waals surface area contributed by atoms with Crippen molar-refractivity contribution in [1.82, 2.24) is 4.98 Å². The molecule has 18 heavy (non-hydrogen) atoms. The average molecular weight is 271 g/mol. The molecule has 0 aromatic carbocycles. The highest BCUT2D eigenvalue weighted by Crippen LogP contribution is 2.15. The van der Waals surface area contributed by atoms with E-state index in [0.717, 1.165) is 0 Å². The Morgan fingerprint density at radius 2 is 2.06 bits per heavy atom. The third-order valence-electron chi connectivity index (χ3n) is 2.60. The fraction of sp³-hybridized carbons (Fsp3) is 0.500. The molecule has 0 bridgehead atoms. The minimum Gasteiger partial charge on any atom is -0.480 e. The second-order valence-corrected chi connectivity index (χ2v) is 6.68. The van der Waals surface area contributed by atoms with E-state index in [1.54, 1.807) is 38.2 Å². The van der Waals surface area contributed by atoms with Crippen LogP contribution in [0, 0.1) is 5.92 Å². The second kappa shape index (κ2) is 5.95. The summed E-state index contributed by atoms with van der Waals surface area (Å²) in [5, 5.41) is 7.64. The average Bonchev–Trinajstić information content (AvgIpc) is 2.26. The van der Waals surface area contributed by atoms with Crippen LogP contribution in [-0.4, -0.2) is 35.5 Å². The maximum Gasteiger partial charge on any atom is 0.322 e. The number of carbonyl (C=O) groups is 1. The van der Waals surface area contributed by atoms with E-state index >= 15 is 0 Å². The SMILES string of the molecule is CC(C)C(C(=O)O)S(=O)(=O)CCc1ccccn1. The molecule has 0 aliphatic heterocycles. The van der Waals surface area contributed by atoms with Crippen LogP contribution >= 0.6 is 0 Å². The highest BCUT2D eigenvalue weighted by atomic mass is 32.2. The summed E-state index contributed by atoms with van der Waals surface area (Å²) < 4.78 is 24.0. The first-order chi connectivity index (χ1) is 8.34. The number of pyridine rings is 1. The predicted molar refractivity (Wildman–Crippen MR) is 68.0 cm³/mol. The molecule has 100 valence electrons. The molecule has 1 N–H and O–H groups in total. The van der Waals surface area contributed by atoms with Gasteiger partial charge in [0.2, 0.25) is 0 Å². The first kappa shape index (κ1) is 14.6. The van der Waals surface area contributed by atoms with E-state index in [1.165, 1.54) is 0 Å². The summed E-state index contributed by atoms with van der Waals surface area (Å²) in [6.45, 7) is 3.19. The molecule has 0 saturated heterocycles. The van der Waals surface area contributed by atoms with Crippen LogP contribution in [0.1, 0.15) is 19.5 Å². The fourth-order valence-electron chi connectivity index (χ4n) is 1.77. The molecular weight excluding hydrogens is 254 g/mol. The van der Waals surface area contributed by atoms with Crippen molar-refractivity contribution in [1.29, 1.82) is 0 Å². The molecule has 0 saturated carbocycles. The third-order valence-corrected chi connectivity index (χ3v) is 4.90. The van der Waals surface area contributed by atoms with E-state index in [-0.39, 0.29) is 12.2 Å². The van der Waals surface area contributed by atoms with Gasteiger partial charge in [-0.1, -0.05) is 19.9 Å². The molecule has 1 aromatic heterocycles. The lowest BCUT2D eigenvalue weighted by atomic mass is 10.1. The molecule has 1 atom stereocenters. The largest absolute Gasteiger partial charge is 0.480 e. The van der Waals surface area contributed by atoms with Crippen LogP contribution in [0.4, 0.5) is 0 Å². The van der Waals surface area contributed by atoms with E-state index in [4.69, 9.17) is 5.11 Å². The number of nitrogens with zero attached hydrogens (tertiary/aromatic N) is 1. The van der Waals surface area contributed by atoms with Crippen LogP contribution in [-0.2, 0) is 21.1 Å². The minimum absolute atomic E-state index is 0.195. The summed E-state index contributed by atoms with van der Waals surface area (Å²) in [7, 11) is -3.66. The Labute approximate surface area is 107 Å². The lowest BCUT2D eigenvalue weighted by Crippen LogP contribution is -2.37. The predicted octanol–water partition coefficient (Wildman–Crippen LogP) is 1.15. The van der Waals surface area contributed by atoms with Crippen LogP contribution < -0.4 is 0 Å². The van der Waals surface area contributed by atoms with Gasteiger partial charge < -0.3 is 5.11 Å². The molecule has 0 radical (unpaired) electrons. The van der Waals surface area contributed by atoms with Crippen LogP contribution in [0.15, 0.2) is 24.4 Å². The van der Waals surface area contributed by atoms with E-state index in [0.29, 0.717) is 5.69 Å². The number of hydrogen-bond acceptors (Lipinski definition) is 4. The first-order valence-electron chi connectivity index (χ1n) is 5.69. The zero-order valence-corrected chi connectivity index (χ0v) is 11.2. The van der Waals surface area contributed by atoms with Gasteiger partial charge in [-0.2, -0.15) is 0 Å². The third kappa shape index (κ3) is 3.80. The Bertz CT molecular complexity index is 496. The summed E-state index contributed by atoms with van der Waals surface area (Å²) in [4.78, 5) is 15.0. The van der Waals surface area contributed by atoms with E-state index in [1.807, 2.05) is 0 Å². The van der Waals surface area contributed by atoms with Gasteiger partial charge in [0.1, 0.15) is 0 Å². The quantitative estimate of drug-likeness (QED) is 0.839. The monoisotopic (exact) mass is 271 g/mol. The van der Waals surface area contributed by atoms with Crippen LogP contribution in [0.2, 0.25) is 0 Å². The molecule has 0 aliphatic rings. The Morgan fingerprint density at radius 3 is 2.50 bits per heavy atom. The zero-order valence-electron chi connectivity index (χ0n) is 10.4. The minimum atomic E-state index is -3.66. The summed E-state index contributed by atoms with van der Waals surface area (Å²) in [6, 6.07) is 5.24. The Kier molecular flexibility index (Phi) is 4.84. The topological polar surface area (TPSA) is 84.3 Å². The molecule has 0 aliphatic carbocycles.